The number of hydrogen-bond acceptors (Lipinski definition) is 5. The molecule has 0 bridgehead atoms. The standard InChI is InChI=1S/C30H24N2O3S/c1-3-35-30(34)26-23(20-12-6-4-7-13-20)18-36-29(26)32-28(33)25-19(2)27(21-14-8-5-9-15-21)31-24-17-11-10-16-22(24)25/h4-18H,3H2,1-2H3,(H,32,33). The van der Waals surface area contributed by atoms with Crippen LogP contribution in [0.3, 0.4) is 0 Å². The number of rotatable bonds is 6. The van der Waals surface area contributed by atoms with E-state index in [1.165, 1.54) is 11.3 Å². The predicted octanol–water partition coefficient (Wildman–Crippen LogP) is 7.37. The highest BCUT2D eigenvalue weighted by Crippen LogP contribution is 2.37. The highest BCUT2D eigenvalue weighted by molar-refractivity contribution is 7.15. The second-order valence-electron chi connectivity index (χ2n) is 8.24. The minimum Gasteiger partial charge on any atom is -0.462 e. The first-order valence-electron chi connectivity index (χ1n) is 11.7. The molecule has 0 atom stereocenters. The van der Waals surface area contributed by atoms with Crippen molar-refractivity contribution >= 4 is 39.1 Å². The second-order valence-corrected chi connectivity index (χ2v) is 9.12. The van der Waals surface area contributed by atoms with Gasteiger partial charge in [0.2, 0.25) is 0 Å². The lowest BCUT2D eigenvalue weighted by atomic mass is 9.97. The molecule has 0 fully saturated rings. The first kappa shape index (κ1) is 23.5. The summed E-state index contributed by atoms with van der Waals surface area (Å²) in [5.74, 6) is -0.760. The topological polar surface area (TPSA) is 68.3 Å². The van der Waals surface area contributed by atoms with E-state index in [2.05, 4.69) is 5.32 Å². The number of carbonyl (C=O) groups is 2. The van der Waals surface area contributed by atoms with Gasteiger partial charge in [-0.2, -0.15) is 0 Å². The number of nitrogens with one attached hydrogen (secondary N) is 1. The van der Waals surface area contributed by atoms with Crippen LogP contribution in [0.5, 0.6) is 0 Å². The maximum absolute atomic E-state index is 13.8. The number of carbonyl (C=O) groups excluding carboxylic acids is 2. The third kappa shape index (κ3) is 4.39. The summed E-state index contributed by atoms with van der Waals surface area (Å²) in [7, 11) is 0. The molecule has 0 radical (unpaired) electrons. The first-order valence-corrected chi connectivity index (χ1v) is 12.6. The molecule has 0 aliphatic heterocycles. The molecule has 5 aromatic rings. The van der Waals surface area contributed by atoms with Crippen molar-refractivity contribution in [1.29, 1.82) is 0 Å². The highest BCUT2D eigenvalue weighted by Gasteiger charge is 2.25. The number of fused-ring (bicyclic) bond motifs is 1. The SMILES string of the molecule is CCOC(=O)c1c(-c2ccccc2)csc1NC(=O)c1c(C)c(-c2ccccc2)nc2ccccc12. The van der Waals surface area contributed by atoms with E-state index in [1.54, 1.807) is 6.92 Å². The maximum Gasteiger partial charge on any atom is 0.341 e. The molecule has 0 aliphatic rings. The molecule has 5 rings (SSSR count). The lowest BCUT2D eigenvalue weighted by Crippen LogP contribution is -2.17. The zero-order valence-electron chi connectivity index (χ0n) is 19.9. The fourth-order valence-electron chi connectivity index (χ4n) is 4.33. The van der Waals surface area contributed by atoms with Gasteiger partial charge in [0.15, 0.2) is 0 Å². The van der Waals surface area contributed by atoms with E-state index in [9.17, 15) is 9.59 Å². The number of aromatic nitrogens is 1. The number of anilines is 1. The molecule has 6 heteroatoms. The third-order valence-corrected chi connectivity index (χ3v) is 6.89. The van der Waals surface area contributed by atoms with Gasteiger partial charge in [-0.05, 0) is 31.0 Å². The monoisotopic (exact) mass is 492 g/mol. The van der Waals surface area contributed by atoms with Gasteiger partial charge in [0.1, 0.15) is 10.6 Å². The number of benzene rings is 3. The second kappa shape index (κ2) is 10.1. The summed E-state index contributed by atoms with van der Waals surface area (Å²) in [6, 6.07) is 27.0. The van der Waals surface area contributed by atoms with Gasteiger partial charge < -0.3 is 10.1 Å². The fraction of sp³-hybridized carbons (Fsp3) is 0.100. The maximum atomic E-state index is 13.8. The molecule has 2 heterocycles. The molecule has 2 aromatic heterocycles. The average Bonchev–Trinajstić information content (AvgIpc) is 3.33. The molecule has 1 N–H and O–H groups in total. The molecular formula is C30H24N2O3S. The van der Waals surface area contributed by atoms with Gasteiger partial charge in [-0.25, -0.2) is 9.78 Å². The molecule has 0 unspecified atom stereocenters. The summed E-state index contributed by atoms with van der Waals surface area (Å²) in [5, 5.41) is 6.11. The molecule has 0 saturated heterocycles. The van der Waals surface area contributed by atoms with Gasteiger partial charge in [-0.1, -0.05) is 78.9 Å². The van der Waals surface area contributed by atoms with E-state index in [0.717, 1.165) is 38.9 Å². The Balaban J connectivity index is 1.62. The van der Waals surface area contributed by atoms with Crippen molar-refractivity contribution in [2.45, 2.75) is 13.8 Å². The van der Waals surface area contributed by atoms with E-state index in [0.29, 0.717) is 16.1 Å². The van der Waals surface area contributed by atoms with Crippen molar-refractivity contribution in [3.05, 3.63) is 107 Å². The summed E-state index contributed by atoms with van der Waals surface area (Å²) in [6.45, 7) is 3.92. The van der Waals surface area contributed by atoms with Crippen LogP contribution in [0, 0.1) is 6.92 Å². The van der Waals surface area contributed by atoms with Gasteiger partial charge in [-0.15, -0.1) is 11.3 Å². The van der Waals surface area contributed by atoms with Crippen LogP contribution in [0.25, 0.3) is 33.3 Å². The van der Waals surface area contributed by atoms with Crippen molar-refractivity contribution in [2.75, 3.05) is 11.9 Å². The number of amides is 1. The number of hydrogen-bond donors (Lipinski definition) is 1. The van der Waals surface area contributed by atoms with Gasteiger partial charge in [-0.3, -0.25) is 4.79 Å². The Morgan fingerprint density at radius 1 is 0.861 bits per heavy atom. The molecule has 178 valence electrons. The number of para-hydroxylation sites is 1. The van der Waals surface area contributed by atoms with Crippen molar-refractivity contribution in [3.63, 3.8) is 0 Å². The van der Waals surface area contributed by atoms with Crippen molar-refractivity contribution in [1.82, 2.24) is 4.98 Å². The molecule has 1 amide bonds. The third-order valence-electron chi connectivity index (χ3n) is 5.99. The quantitative estimate of drug-likeness (QED) is 0.251. The van der Waals surface area contributed by atoms with Gasteiger partial charge in [0.05, 0.1) is 23.4 Å². The van der Waals surface area contributed by atoms with Crippen LogP contribution < -0.4 is 5.32 Å². The van der Waals surface area contributed by atoms with E-state index in [1.807, 2.05) is 97.2 Å². The first-order chi connectivity index (χ1) is 17.6. The summed E-state index contributed by atoms with van der Waals surface area (Å²) in [5.41, 5.74) is 5.70. The number of pyridine rings is 1. The van der Waals surface area contributed by atoms with Gasteiger partial charge >= 0.3 is 5.97 Å². The van der Waals surface area contributed by atoms with Crippen LogP contribution in [-0.2, 0) is 4.74 Å². The minimum absolute atomic E-state index is 0.241. The number of thiophene rings is 1. The molecule has 3 aromatic carbocycles. The zero-order chi connectivity index (χ0) is 25.1. The summed E-state index contributed by atoms with van der Waals surface area (Å²) in [6.07, 6.45) is 0. The van der Waals surface area contributed by atoms with Crippen molar-refractivity contribution < 1.29 is 14.3 Å². The molecular weight excluding hydrogens is 468 g/mol. The Labute approximate surface area is 213 Å². The van der Waals surface area contributed by atoms with Gasteiger partial charge in [0, 0.05) is 21.9 Å². The smallest absolute Gasteiger partial charge is 0.341 e. The van der Waals surface area contributed by atoms with E-state index in [-0.39, 0.29) is 12.5 Å². The van der Waals surface area contributed by atoms with Crippen molar-refractivity contribution in [2.24, 2.45) is 0 Å². The predicted molar refractivity (Wildman–Crippen MR) is 146 cm³/mol. The van der Waals surface area contributed by atoms with Crippen molar-refractivity contribution in [3.8, 4) is 22.4 Å². The van der Waals surface area contributed by atoms with Crippen LogP contribution in [0.2, 0.25) is 0 Å². The molecule has 0 spiro atoms. The lowest BCUT2D eigenvalue weighted by molar-refractivity contribution is 0.0529. The van der Waals surface area contributed by atoms with E-state index >= 15 is 0 Å². The summed E-state index contributed by atoms with van der Waals surface area (Å²) < 4.78 is 5.35. The van der Waals surface area contributed by atoms with E-state index < -0.39 is 5.97 Å². The number of ether oxygens (including phenoxy) is 1. The van der Waals surface area contributed by atoms with Crippen LogP contribution in [-0.4, -0.2) is 23.5 Å². The average molecular weight is 493 g/mol. The summed E-state index contributed by atoms with van der Waals surface area (Å²) >= 11 is 1.31. The highest BCUT2D eigenvalue weighted by atomic mass is 32.1. The fourth-order valence-corrected chi connectivity index (χ4v) is 5.28. The lowest BCUT2D eigenvalue weighted by Gasteiger charge is -2.15. The van der Waals surface area contributed by atoms with Crippen LogP contribution >= 0.6 is 11.3 Å². The Kier molecular flexibility index (Phi) is 6.60. The Morgan fingerprint density at radius 2 is 1.50 bits per heavy atom. The molecule has 0 saturated carbocycles. The Morgan fingerprint density at radius 3 is 2.19 bits per heavy atom. The van der Waals surface area contributed by atoms with Gasteiger partial charge in [0.25, 0.3) is 5.91 Å². The van der Waals surface area contributed by atoms with Crippen LogP contribution in [0.15, 0.2) is 90.3 Å². The minimum atomic E-state index is -0.464. The number of nitrogens with zero attached hydrogens (tertiary/aromatic N) is 1. The van der Waals surface area contributed by atoms with Crippen LogP contribution in [0.4, 0.5) is 5.00 Å². The Hall–Kier alpha value is -4.29. The summed E-state index contributed by atoms with van der Waals surface area (Å²) in [4.78, 5) is 31.7. The molecule has 5 nitrogen and oxygen atoms in total. The normalized spacial score (nSPS) is 10.8. The molecule has 0 aliphatic carbocycles. The number of esters is 1. The van der Waals surface area contributed by atoms with Crippen LogP contribution in [0.1, 0.15) is 33.2 Å². The van der Waals surface area contributed by atoms with E-state index in [4.69, 9.17) is 9.72 Å². The Bertz CT molecular complexity index is 1560. The molecule has 36 heavy (non-hydrogen) atoms. The largest absolute Gasteiger partial charge is 0.462 e. The zero-order valence-corrected chi connectivity index (χ0v) is 20.8.